The molecule has 0 saturated carbocycles. The van der Waals surface area contributed by atoms with Gasteiger partial charge in [0.1, 0.15) is 0 Å². The van der Waals surface area contributed by atoms with Gasteiger partial charge in [-0.25, -0.2) is 0 Å². The molecule has 2 rings (SSSR count). The van der Waals surface area contributed by atoms with Crippen molar-refractivity contribution >= 4 is 15.9 Å². The molecule has 16 heavy (non-hydrogen) atoms. The topological polar surface area (TPSA) is 44.5 Å². The highest BCUT2D eigenvalue weighted by molar-refractivity contribution is 9.10. The highest BCUT2D eigenvalue weighted by Crippen LogP contribution is 2.37. The molecule has 2 N–H and O–H groups in total. The second kappa shape index (κ2) is 4.84. The summed E-state index contributed by atoms with van der Waals surface area (Å²) in [5.74, 6) is -0.617. The van der Waals surface area contributed by atoms with E-state index in [9.17, 15) is 0 Å². The number of nitrogens with two attached hydrogens (primary N) is 1. The Morgan fingerprint density at radius 2 is 2.38 bits per heavy atom. The lowest BCUT2D eigenvalue weighted by atomic mass is 10.0. The van der Waals surface area contributed by atoms with Crippen molar-refractivity contribution in [1.82, 2.24) is 0 Å². The molecule has 3 nitrogen and oxygen atoms in total. The van der Waals surface area contributed by atoms with Crippen molar-refractivity contribution in [3.05, 3.63) is 34.3 Å². The second-order valence-electron chi connectivity index (χ2n) is 3.90. The fourth-order valence-electron chi connectivity index (χ4n) is 1.95. The van der Waals surface area contributed by atoms with Crippen LogP contribution in [0.2, 0.25) is 0 Å². The van der Waals surface area contributed by atoms with Gasteiger partial charge in [-0.15, -0.1) is 0 Å². The van der Waals surface area contributed by atoms with Gasteiger partial charge in [0.15, 0.2) is 5.79 Å². The summed E-state index contributed by atoms with van der Waals surface area (Å²) in [5, 5.41) is 0. The summed E-state index contributed by atoms with van der Waals surface area (Å²) < 4.78 is 12.8. The van der Waals surface area contributed by atoms with Gasteiger partial charge in [0.2, 0.25) is 0 Å². The van der Waals surface area contributed by atoms with Crippen LogP contribution < -0.4 is 5.73 Å². The van der Waals surface area contributed by atoms with Gasteiger partial charge in [-0.2, -0.15) is 0 Å². The summed E-state index contributed by atoms with van der Waals surface area (Å²) in [5.41, 5.74) is 6.65. The standard InChI is InChI=1S/C12H16BrNO2/c1-2-12(15-8-11(7-14)16-12)9-4-3-5-10(13)6-9/h3-6,11H,2,7-8,14H2,1H3. The van der Waals surface area contributed by atoms with Gasteiger partial charge in [0.25, 0.3) is 0 Å². The highest BCUT2D eigenvalue weighted by Gasteiger charge is 2.41. The first-order valence-corrected chi connectivity index (χ1v) is 6.27. The van der Waals surface area contributed by atoms with Crippen LogP contribution in [0.15, 0.2) is 28.7 Å². The van der Waals surface area contributed by atoms with Crippen LogP contribution in [-0.2, 0) is 15.3 Å². The number of rotatable bonds is 3. The zero-order valence-electron chi connectivity index (χ0n) is 9.28. The van der Waals surface area contributed by atoms with Gasteiger partial charge in [0, 0.05) is 23.0 Å². The molecule has 1 aliphatic rings. The average molecular weight is 286 g/mol. The summed E-state index contributed by atoms with van der Waals surface area (Å²) in [4.78, 5) is 0. The molecule has 1 aromatic rings. The zero-order valence-corrected chi connectivity index (χ0v) is 10.9. The lowest BCUT2D eigenvalue weighted by Crippen LogP contribution is -2.29. The third-order valence-electron chi connectivity index (χ3n) is 2.85. The van der Waals surface area contributed by atoms with Crippen LogP contribution in [-0.4, -0.2) is 19.3 Å². The molecule has 1 aromatic carbocycles. The molecule has 2 atom stereocenters. The Balaban J connectivity index is 2.29. The molecule has 0 aliphatic carbocycles. The van der Waals surface area contributed by atoms with Crippen LogP contribution in [0.1, 0.15) is 18.9 Å². The maximum Gasteiger partial charge on any atom is 0.195 e. The minimum absolute atomic E-state index is 0.000989. The molecular weight excluding hydrogens is 270 g/mol. The smallest absolute Gasteiger partial charge is 0.195 e. The molecule has 1 saturated heterocycles. The van der Waals surface area contributed by atoms with E-state index in [4.69, 9.17) is 15.2 Å². The first-order valence-electron chi connectivity index (χ1n) is 5.48. The third kappa shape index (κ3) is 2.15. The van der Waals surface area contributed by atoms with Crippen molar-refractivity contribution in [3.63, 3.8) is 0 Å². The monoisotopic (exact) mass is 285 g/mol. The summed E-state index contributed by atoms with van der Waals surface area (Å²) in [7, 11) is 0. The van der Waals surface area contributed by atoms with E-state index in [-0.39, 0.29) is 6.10 Å². The minimum atomic E-state index is -0.617. The molecule has 88 valence electrons. The number of hydrogen-bond donors (Lipinski definition) is 1. The van der Waals surface area contributed by atoms with E-state index in [1.807, 2.05) is 24.3 Å². The van der Waals surface area contributed by atoms with Gasteiger partial charge in [-0.1, -0.05) is 35.0 Å². The molecule has 0 amide bonds. The molecule has 1 heterocycles. The van der Waals surface area contributed by atoms with Crippen molar-refractivity contribution in [3.8, 4) is 0 Å². The van der Waals surface area contributed by atoms with Gasteiger partial charge in [-0.05, 0) is 12.1 Å². The molecule has 0 radical (unpaired) electrons. The number of hydrogen-bond acceptors (Lipinski definition) is 3. The lowest BCUT2D eigenvalue weighted by Gasteiger charge is -2.27. The van der Waals surface area contributed by atoms with Crippen LogP contribution in [0, 0.1) is 0 Å². The van der Waals surface area contributed by atoms with E-state index >= 15 is 0 Å². The van der Waals surface area contributed by atoms with Crippen molar-refractivity contribution in [1.29, 1.82) is 0 Å². The predicted octanol–water partition coefficient (Wildman–Crippen LogP) is 2.39. The summed E-state index contributed by atoms with van der Waals surface area (Å²) in [6.07, 6.45) is 0.777. The summed E-state index contributed by atoms with van der Waals surface area (Å²) in [6.45, 7) is 3.12. The minimum Gasteiger partial charge on any atom is -0.343 e. The number of ether oxygens (including phenoxy) is 2. The summed E-state index contributed by atoms with van der Waals surface area (Å²) in [6, 6.07) is 8.02. The SMILES string of the molecule is CCC1(c2cccc(Br)c2)OCC(CN)O1. The normalized spacial score (nSPS) is 29.6. The van der Waals surface area contributed by atoms with Gasteiger partial charge >= 0.3 is 0 Å². The lowest BCUT2D eigenvalue weighted by molar-refractivity contribution is -0.177. The van der Waals surface area contributed by atoms with Crippen molar-refractivity contribution in [2.24, 2.45) is 5.73 Å². The van der Waals surface area contributed by atoms with Crippen LogP contribution >= 0.6 is 15.9 Å². The Labute approximate surface area is 104 Å². The largest absolute Gasteiger partial charge is 0.343 e. The van der Waals surface area contributed by atoms with Crippen LogP contribution in [0.25, 0.3) is 0 Å². The van der Waals surface area contributed by atoms with Crippen molar-refractivity contribution < 1.29 is 9.47 Å². The quantitative estimate of drug-likeness (QED) is 0.928. The van der Waals surface area contributed by atoms with Crippen LogP contribution in [0.3, 0.4) is 0 Å². The first kappa shape index (κ1) is 12.0. The molecule has 1 fully saturated rings. The molecule has 0 aromatic heterocycles. The van der Waals surface area contributed by atoms with E-state index in [1.54, 1.807) is 0 Å². The third-order valence-corrected chi connectivity index (χ3v) is 3.35. The molecule has 1 aliphatic heterocycles. The van der Waals surface area contributed by atoms with Crippen LogP contribution in [0.5, 0.6) is 0 Å². The molecule has 0 spiro atoms. The Morgan fingerprint density at radius 3 is 2.94 bits per heavy atom. The average Bonchev–Trinajstić information content (AvgIpc) is 2.74. The van der Waals surface area contributed by atoms with Gasteiger partial charge < -0.3 is 15.2 Å². The Bertz CT molecular complexity index is 372. The zero-order chi connectivity index (χ0) is 11.6. The van der Waals surface area contributed by atoms with Crippen molar-refractivity contribution in [2.45, 2.75) is 25.2 Å². The van der Waals surface area contributed by atoms with Gasteiger partial charge in [0.05, 0.1) is 12.7 Å². The van der Waals surface area contributed by atoms with E-state index < -0.39 is 5.79 Å². The van der Waals surface area contributed by atoms with Crippen LogP contribution in [0.4, 0.5) is 0 Å². The molecule has 0 bridgehead atoms. The first-order chi connectivity index (χ1) is 7.70. The fourth-order valence-corrected chi connectivity index (χ4v) is 2.35. The predicted molar refractivity (Wildman–Crippen MR) is 66.0 cm³/mol. The molecular formula is C12H16BrNO2. The Kier molecular flexibility index (Phi) is 3.64. The maximum atomic E-state index is 5.92. The maximum absolute atomic E-state index is 5.92. The number of halogens is 1. The van der Waals surface area contributed by atoms with E-state index in [1.165, 1.54) is 0 Å². The van der Waals surface area contributed by atoms with Crippen molar-refractivity contribution in [2.75, 3.05) is 13.2 Å². The fraction of sp³-hybridized carbons (Fsp3) is 0.500. The molecule has 4 heteroatoms. The Hall–Kier alpha value is -0.420. The van der Waals surface area contributed by atoms with E-state index in [0.717, 1.165) is 16.5 Å². The van der Waals surface area contributed by atoms with E-state index in [2.05, 4.69) is 22.9 Å². The Morgan fingerprint density at radius 1 is 1.56 bits per heavy atom. The summed E-state index contributed by atoms with van der Waals surface area (Å²) >= 11 is 3.46. The highest BCUT2D eigenvalue weighted by atomic mass is 79.9. The number of benzene rings is 1. The van der Waals surface area contributed by atoms with Gasteiger partial charge in [-0.3, -0.25) is 0 Å². The molecule has 2 unspecified atom stereocenters. The van der Waals surface area contributed by atoms with E-state index in [0.29, 0.717) is 13.2 Å². The second-order valence-corrected chi connectivity index (χ2v) is 4.82.